The van der Waals surface area contributed by atoms with Crippen LogP contribution in [0, 0.1) is 11.3 Å². The van der Waals surface area contributed by atoms with Crippen LogP contribution in [0.2, 0.25) is 17.7 Å². The first kappa shape index (κ1) is 10.3. The zero-order valence-electron chi connectivity index (χ0n) is 7.28. The van der Waals surface area contributed by atoms with Crippen LogP contribution in [0.3, 0.4) is 0 Å². The molecule has 0 aliphatic rings. The van der Waals surface area contributed by atoms with Crippen LogP contribution >= 0.6 is 0 Å². The summed E-state index contributed by atoms with van der Waals surface area (Å²) in [7, 11) is 0. The van der Waals surface area contributed by atoms with Gasteiger partial charge in [-0.2, -0.15) is 0 Å². The summed E-state index contributed by atoms with van der Waals surface area (Å²) in [5, 5.41) is 8.60. The molecule has 0 aromatic carbocycles. The van der Waals surface area contributed by atoms with Gasteiger partial charge in [0.2, 0.25) is 0 Å². The molecule has 0 radical (unpaired) electrons. The average Bonchev–Trinajstić information content (AvgIpc) is 2.01. The van der Waals surface area contributed by atoms with Gasteiger partial charge in [-0.05, 0) is 0 Å². The van der Waals surface area contributed by atoms with Gasteiger partial charge in [-0.1, -0.05) is 0 Å². The van der Waals surface area contributed by atoms with Crippen molar-refractivity contribution in [3.63, 3.8) is 0 Å². The van der Waals surface area contributed by atoms with Crippen molar-refractivity contribution in [1.29, 1.82) is 5.26 Å². The van der Waals surface area contributed by atoms with Crippen LogP contribution in [0.25, 0.3) is 0 Å². The summed E-state index contributed by atoms with van der Waals surface area (Å²) in [6.45, 7) is 6.79. The van der Waals surface area contributed by atoms with E-state index in [1.54, 1.807) is 0 Å². The fourth-order valence-corrected chi connectivity index (χ4v) is 8.67. The monoisotopic (exact) mass is 247 g/mol. The first-order valence-electron chi connectivity index (χ1n) is 4.11. The Morgan fingerprint density at radius 1 is 1.10 bits per heavy atom. The Bertz CT molecular complexity index is 113. The van der Waals surface area contributed by atoms with E-state index >= 15 is 0 Å². The quantitative estimate of drug-likeness (QED) is 0.699. The van der Waals surface area contributed by atoms with Gasteiger partial charge in [0.25, 0.3) is 0 Å². The van der Waals surface area contributed by atoms with Gasteiger partial charge in [0.1, 0.15) is 0 Å². The standard InChI is InChI=1S/C2H2N.3C2H5.Sn/c1-2-3;3*1-2;/h1H2;3*1H2,2H3;. The molecule has 0 aliphatic heterocycles. The van der Waals surface area contributed by atoms with E-state index in [2.05, 4.69) is 26.8 Å². The van der Waals surface area contributed by atoms with E-state index in [9.17, 15) is 0 Å². The fourth-order valence-electron chi connectivity index (χ4n) is 1.29. The predicted octanol–water partition coefficient (Wildman–Crippen LogP) is 3.02. The summed E-state index contributed by atoms with van der Waals surface area (Å²) in [5.74, 6) is 0. The van der Waals surface area contributed by atoms with Gasteiger partial charge < -0.3 is 0 Å². The van der Waals surface area contributed by atoms with Gasteiger partial charge in [-0.3, -0.25) is 0 Å². The fraction of sp³-hybridized carbons (Fsp3) is 0.875. The van der Waals surface area contributed by atoms with E-state index in [-0.39, 0.29) is 0 Å². The molecule has 2 heteroatoms. The number of hydrogen-bond acceptors (Lipinski definition) is 1. The van der Waals surface area contributed by atoms with Gasteiger partial charge in [0, 0.05) is 0 Å². The Kier molecular flexibility index (Phi) is 5.15. The van der Waals surface area contributed by atoms with Crippen molar-refractivity contribution in [2.24, 2.45) is 0 Å². The Hall–Kier alpha value is 0.289. The van der Waals surface area contributed by atoms with E-state index in [0.29, 0.717) is 0 Å². The topological polar surface area (TPSA) is 23.8 Å². The Balaban J connectivity index is 4.04. The maximum absolute atomic E-state index is 8.60. The number of nitriles is 1. The summed E-state index contributed by atoms with van der Waals surface area (Å²) in [5.41, 5.74) is 0. The summed E-state index contributed by atoms with van der Waals surface area (Å²) >= 11 is -1.79. The molecule has 1 nitrogen and oxygen atoms in total. The molecule has 0 aliphatic carbocycles. The maximum atomic E-state index is 8.60. The normalized spacial score (nSPS) is 11.0. The van der Waals surface area contributed by atoms with E-state index < -0.39 is 18.4 Å². The van der Waals surface area contributed by atoms with Crippen LogP contribution in [-0.2, 0) is 0 Å². The van der Waals surface area contributed by atoms with Crippen LogP contribution in [0.5, 0.6) is 0 Å². The van der Waals surface area contributed by atoms with Gasteiger partial charge in [0.05, 0.1) is 0 Å². The number of hydrogen-bond donors (Lipinski definition) is 0. The molecule has 0 aromatic rings. The molecule has 0 aromatic heterocycles. The molecule has 0 saturated carbocycles. The van der Waals surface area contributed by atoms with E-state index in [4.69, 9.17) is 5.26 Å². The van der Waals surface area contributed by atoms with Crippen LogP contribution in [0.4, 0.5) is 0 Å². The zero-order chi connectivity index (χ0) is 8.04. The minimum absolute atomic E-state index is 0.929. The molecule has 0 fully saturated rings. The Morgan fingerprint density at radius 3 is 1.60 bits per heavy atom. The zero-order valence-corrected chi connectivity index (χ0v) is 10.1. The van der Waals surface area contributed by atoms with Crippen molar-refractivity contribution in [2.75, 3.05) is 0 Å². The molecular weight excluding hydrogens is 229 g/mol. The third-order valence-electron chi connectivity index (χ3n) is 2.70. The Morgan fingerprint density at radius 2 is 1.50 bits per heavy atom. The second-order valence-electron chi connectivity index (χ2n) is 2.90. The number of nitrogens with zero attached hydrogens (tertiary/aromatic N) is 1. The van der Waals surface area contributed by atoms with Crippen molar-refractivity contribution in [3.8, 4) is 6.07 Å². The summed E-state index contributed by atoms with van der Waals surface area (Å²) in [6.07, 6.45) is 0. The summed E-state index contributed by atoms with van der Waals surface area (Å²) in [6, 6.07) is 2.35. The predicted molar refractivity (Wildman–Crippen MR) is 47.6 cm³/mol. The average molecular weight is 246 g/mol. The molecule has 0 atom stereocenters. The van der Waals surface area contributed by atoms with Crippen molar-refractivity contribution < 1.29 is 0 Å². The molecular formula is C8H17NSn. The first-order chi connectivity index (χ1) is 4.74. The molecule has 0 N–H and O–H groups in total. The van der Waals surface area contributed by atoms with E-state index in [0.717, 1.165) is 4.44 Å². The minimum atomic E-state index is -1.79. The summed E-state index contributed by atoms with van der Waals surface area (Å²) in [4.78, 5) is 0. The van der Waals surface area contributed by atoms with E-state index in [1.807, 2.05) is 0 Å². The Labute approximate surface area is 68.3 Å². The molecule has 0 bridgehead atoms. The summed E-state index contributed by atoms with van der Waals surface area (Å²) < 4.78 is 4.96. The van der Waals surface area contributed by atoms with Gasteiger partial charge in [-0.25, -0.2) is 0 Å². The molecule has 0 unspecified atom stereocenters. The van der Waals surface area contributed by atoms with Crippen molar-refractivity contribution >= 4 is 18.4 Å². The second kappa shape index (κ2) is 5.01. The van der Waals surface area contributed by atoms with Crippen LogP contribution in [-0.4, -0.2) is 18.4 Å². The molecule has 0 heterocycles. The van der Waals surface area contributed by atoms with Gasteiger partial charge in [-0.15, -0.1) is 0 Å². The third-order valence-corrected chi connectivity index (χ3v) is 18.1. The molecule has 0 spiro atoms. The van der Waals surface area contributed by atoms with Crippen molar-refractivity contribution in [3.05, 3.63) is 0 Å². The van der Waals surface area contributed by atoms with Crippen LogP contribution < -0.4 is 0 Å². The van der Waals surface area contributed by atoms with Crippen molar-refractivity contribution in [1.82, 2.24) is 0 Å². The first-order valence-corrected chi connectivity index (χ1v) is 12.2. The van der Waals surface area contributed by atoms with Crippen LogP contribution in [0.1, 0.15) is 20.8 Å². The number of rotatable bonds is 4. The van der Waals surface area contributed by atoms with Crippen molar-refractivity contribution in [2.45, 2.75) is 38.5 Å². The van der Waals surface area contributed by atoms with E-state index in [1.165, 1.54) is 13.3 Å². The van der Waals surface area contributed by atoms with Gasteiger partial charge >= 0.3 is 68.2 Å². The molecule has 58 valence electrons. The second-order valence-corrected chi connectivity index (χ2v) is 18.5. The molecule has 0 saturated heterocycles. The molecule has 0 amide bonds. The van der Waals surface area contributed by atoms with Crippen LogP contribution in [0.15, 0.2) is 0 Å². The molecule has 10 heavy (non-hydrogen) atoms. The van der Waals surface area contributed by atoms with Gasteiger partial charge in [0.15, 0.2) is 0 Å². The molecule has 0 rings (SSSR count). The third kappa shape index (κ3) is 2.49. The SMILES string of the molecule is C[CH2][Sn]([CH2]C)([CH2]C)[CH2]C#N.